The van der Waals surface area contributed by atoms with Crippen LogP contribution in [0, 0.1) is 0 Å². The van der Waals surface area contributed by atoms with E-state index in [9.17, 15) is 0 Å². The molecule has 0 bridgehead atoms. The molecule has 0 aromatic heterocycles. The molecular weight excluding hydrogens is 192 g/mol. The van der Waals surface area contributed by atoms with Gasteiger partial charge in [0.1, 0.15) is 0 Å². The Kier molecular flexibility index (Phi) is 2.75. The van der Waals surface area contributed by atoms with Crippen molar-refractivity contribution in [2.75, 3.05) is 0 Å². The number of rotatable bonds is 3. The van der Waals surface area contributed by atoms with E-state index in [4.69, 9.17) is 0 Å². The quantitative estimate of drug-likeness (QED) is 0.699. The highest BCUT2D eigenvalue weighted by molar-refractivity contribution is 5.48. The molecule has 2 aliphatic carbocycles. The van der Waals surface area contributed by atoms with Crippen molar-refractivity contribution in [3.05, 3.63) is 34.4 Å². The molecule has 0 heteroatoms. The number of unbranched alkanes of at least 4 members (excludes halogenated alkanes) is 1. The topological polar surface area (TPSA) is 0 Å². The summed E-state index contributed by atoms with van der Waals surface area (Å²) in [6, 6.07) is 4.83. The molecule has 16 heavy (non-hydrogen) atoms. The van der Waals surface area contributed by atoms with Crippen LogP contribution in [0.5, 0.6) is 0 Å². The molecule has 1 aromatic carbocycles. The Morgan fingerprint density at radius 1 is 1.12 bits per heavy atom. The minimum Gasteiger partial charge on any atom is -0.0654 e. The average Bonchev–Trinajstić information content (AvgIpc) is 2.91. The zero-order valence-electron chi connectivity index (χ0n) is 10.4. The smallest absolute Gasteiger partial charge is 0.0153 e. The number of hydrogen-bond donors (Lipinski definition) is 0. The fourth-order valence-electron chi connectivity index (χ4n) is 3.68. The van der Waals surface area contributed by atoms with Crippen molar-refractivity contribution < 1.29 is 0 Å². The van der Waals surface area contributed by atoms with Crippen LogP contribution in [0.25, 0.3) is 0 Å². The fraction of sp³-hybridized carbons (Fsp3) is 0.625. The van der Waals surface area contributed by atoms with Crippen molar-refractivity contribution in [3.63, 3.8) is 0 Å². The van der Waals surface area contributed by atoms with Crippen LogP contribution in [-0.2, 0) is 19.3 Å². The van der Waals surface area contributed by atoms with Gasteiger partial charge in [-0.25, -0.2) is 0 Å². The Hall–Kier alpha value is -0.780. The first-order chi connectivity index (χ1) is 7.90. The third-order valence-electron chi connectivity index (χ3n) is 4.49. The molecule has 0 aliphatic heterocycles. The number of benzene rings is 1. The van der Waals surface area contributed by atoms with Crippen LogP contribution >= 0.6 is 0 Å². The largest absolute Gasteiger partial charge is 0.0654 e. The van der Waals surface area contributed by atoms with E-state index in [1.807, 2.05) is 0 Å². The normalized spacial score (nSPS) is 22.2. The Labute approximate surface area is 99.1 Å². The third kappa shape index (κ3) is 1.59. The molecule has 1 unspecified atom stereocenters. The Bertz CT molecular complexity index is 389. The van der Waals surface area contributed by atoms with Crippen molar-refractivity contribution in [3.8, 4) is 0 Å². The molecule has 86 valence electrons. The maximum Gasteiger partial charge on any atom is -0.0153 e. The van der Waals surface area contributed by atoms with Gasteiger partial charge < -0.3 is 0 Å². The second-order valence-electron chi connectivity index (χ2n) is 5.51. The first-order valence-corrected chi connectivity index (χ1v) is 7.03. The third-order valence-corrected chi connectivity index (χ3v) is 4.49. The average molecular weight is 214 g/mol. The van der Waals surface area contributed by atoms with Gasteiger partial charge in [0.25, 0.3) is 0 Å². The lowest BCUT2D eigenvalue weighted by molar-refractivity contribution is 0.577. The van der Waals surface area contributed by atoms with Gasteiger partial charge in [-0.2, -0.15) is 0 Å². The van der Waals surface area contributed by atoms with Crippen LogP contribution in [0.4, 0.5) is 0 Å². The summed E-state index contributed by atoms with van der Waals surface area (Å²) in [6.07, 6.45) is 11.0. The van der Waals surface area contributed by atoms with Gasteiger partial charge in [-0.05, 0) is 66.7 Å². The Morgan fingerprint density at radius 3 is 2.88 bits per heavy atom. The summed E-state index contributed by atoms with van der Waals surface area (Å²) < 4.78 is 0. The minimum atomic E-state index is 0.906. The SMILES string of the molecule is CCCCC1CCc2ccc3c(c21)CCC3. The summed E-state index contributed by atoms with van der Waals surface area (Å²) in [6.45, 7) is 2.31. The molecule has 2 aliphatic rings. The molecule has 0 amide bonds. The maximum absolute atomic E-state index is 2.42. The van der Waals surface area contributed by atoms with E-state index >= 15 is 0 Å². The first kappa shape index (κ1) is 10.4. The van der Waals surface area contributed by atoms with Crippen LogP contribution in [0.1, 0.15) is 67.2 Å². The summed E-state index contributed by atoms with van der Waals surface area (Å²) in [7, 11) is 0. The van der Waals surface area contributed by atoms with Crippen LogP contribution in [0.2, 0.25) is 0 Å². The molecule has 1 atom stereocenters. The minimum absolute atomic E-state index is 0.906. The van der Waals surface area contributed by atoms with E-state index < -0.39 is 0 Å². The molecule has 0 radical (unpaired) electrons. The summed E-state index contributed by atoms with van der Waals surface area (Å²) in [5.41, 5.74) is 6.91. The predicted octanol–water partition coefficient (Wildman–Crippen LogP) is 4.40. The van der Waals surface area contributed by atoms with E-state index in [0.29, 0.717) is 0 Å². The first-order valence-electron chi connectivity index (χ1n) is 7.03. The Morgan fingerprint density at radius 2 is 2.00 bits per heavy atom. The second-order valence-corrected chi connectivity index (χ2v) is 5.51. The van der Waals surface area contributed by atoms with Crippen LogP contribution in [0.15, 0.2) is 12.1 Å². The van der Waals surface area contributed by atoms with E-state index in [1.54, 1.807) is 22.3 Å². The van der Waals surface area contributed by atoms with E-state index in [0.717, 1.165) is 5.92 Å². The highest BCUT2D eigenvalue weighted by atomic mass is 14.3. The van der Waals surface area contributed by atoms with Gasteiger partial charge in [0.15, 0.2) is 0 Å². The fourth-order valence-corrected chi connectivity index (χ4v) is 3.68. The molecule has 0 spiro atoms. The van der Waals surface area contributed by atoms with Crippen LogP contribution < -0.4 is 0 Å². The molecule has 0 fully saturated rings. The molecule has 0 saturated carbocycles. The van der Waals surface area contributed by atoms with E-state index in [2.05, 4.69) is 19.1 Å². The molecule has 0 N–H and O–H groups in total. The zero-order valence-corrected chi connectivity index (χ0v) is 10.4. The lowest BCUT2D eigenvalue weighted by atomic mass is 9.90. The summed E-state index contributed by atoms with van der Waals surface area (Å²) >= 11 is 0. The molecule has 1 aromatic rings. The van der Waals surface area contributed by atoms with Crippen molar-refractivity contribution in [1.82, 2.24) is 0 Å². The molecular formula is C16H22. The monoisotopic (exact) mass is 214 g/mol. The number of hydrogen-bond acceptors (Lipinski definition) is 0. The lowest BCUT2D eigenvalue weighted by Crippen LogP contribution is -1.99. The Balaban J connectivity index is 1.94. The molecule has 0 saturated heterocycles. The summed E-state index contributed by atoms with van der Waals surface area (Å²) in [5, 5.41) is 0. The molecule has 3 rings (SSSR count). The highest BCUT2D eigenvalue weighted by Crippen LogP contribution is 2.42. The van der Waals surface area contributed by atoms with Crippen LogP contribution in [0.3, 0.4) is 0 Å². The van der Waals surface area contributed by atoms with Gasteiger partial charge in [-0.1, -0.05) is 31.9 Å². The zero-order chi connectivity index (χ0) is 11.0. The van der Waals surface area contributed by atoms with Crippen LogP contribution in [-0.4, -0.2) is 0 Å². The van der Waals surface area contributed by atoms with Crippen molar-refractivity contribution in [1.29, 1.82) is 0 Å². The molecule has 0 heterocycles. The summed E-state index contributed by atoms with van der Waals surface area (Å²) in [4.78, 5) is 0. The van der Waals surface area contributed by atoms with Gasteiger partial charge in [0, 0.05) is 0 Å². The second kappa shape index (κ2) is 4.24. The lowest BCUT2D eigenvalue weighted by Gasteiger charge is -2.15. The van der Waals surface area contributed by atoms with Gasteiger partial charge in [-0.15, -0.1) is 0 Å². The maximum atomic E-state index is 2.42. The standard InChI is InChI=1S/C16H22/c1-2-3-5-13-10-11-14-9-8-12-6-4-7-15(12)16(13)14/h8-9,13H,2-7,10-11H2,1H3. The van der Waals surface area contributed by atoms with Gasteiger partial charge in [0.2, 0.25) is 0 Å². The van der Waals surface area contributed by atoms with Gasteiger partial charge in [-0.3, -0.25) is 0 Å². The predicted molar refractivity (Wildman–Crippen MR) is 69.1 cm³/mol. The number of fused-ring (bicyclic) bond motifs is 3. The summed E-state index contributed by atoms with van der Waals surface area (Å²) in [5.74, 6) is 0.906. The van der Waals surface area contributed by atoms with E-state index in [-0.39, 0.29) is 0 Å². The molecule has 0 nitrogen and oxygen atoms in total. The van der Waals surface area contributed by atoms with Gasteiger partial charge >= 0.3 is 0 Å². The number of aryl methyl sites for hydroxylation is 2. The van der Waals surface area contributed by atoms with E-state index in [1.165, 1.54) is 51.4 Å². The highest BCUT2D eigenvalue weighted by Gasteiger charge is 2.27. The van der Waals surface area contributed by atoms with Crippen molar-refractivity contribution in [2.45, 2.75) is 64.2 Å². The van der Waals surface area contributed by atoms with Crippen molar-refractivity contribution in [2.24, 2.45) is 0 Å². The van der Waals surface area contributed by atoms with Gasteiger partial charge in [0.05, 0.1) is 0 Å². The van der Waals surface area contributed by atoms with Crippen molar-refractivity contribution >= 4 is 0 Å².